The topological polar surface area (TPSA) is 123 Å². The average molecular weight is 475 g/mol. The Kier molecular flexibility index (Phi) is 6.96. The first-order chi connectivity index (χ1) is 15.2. The number of halogens is 1. The number of benzene rings is 3. The summed E-state index contributed by atoms with van der Waals surface area (Å²) in [5.74, 6) is 0.551. The molecule has 11 heteroatoms. The first-order valence-corrected chi connectivity index (χ1v) is 11.1. The molecular weight excluding hydrogens is 456 g/mol. The van der Waals surface area contributed by atoms with Crippen LogP contribution in [0.1, 0.15) is 12.5 Å². The first kappa shape index (κ1) is 23.0. The number of nitro groups is 1. The summed E-state index contributed by atoms with van der Waals surface area (Å²) in [5, 5.41) is 15.9. The molecule has 0 saturated carbocycles. The lowest BCUT2D eigenvalue weighted by Gasteiger charge is -2.13. The highest BCUT2D eigenvalue weighted by molar-refractivity contribution is 7.92. The molecule has 0 bridgehead atoms. The number of ether oxygens (including phenoxy) is 1. The van der Waals surface area contributed by atoms with Gasteiger partial charge in [-0.05, 0) is 43.3 Å². The van der Waals surface area contributed by atoms with Crippen molar-refractivity contribution in [1.29, 1.82) is 0 Å². The van der Waals surface area contributed by atoms with E-state index < -0.39 is 14.9 Å². The Morgan fingerprint density at radius 2 is 1.78 bits per heavy atom. The quantitative estimate of drug-likeness (QED) is 0.272. The second-order valence-corrected chi connectivity index (χ2v) is 8.62. The van der Waals surface area contributed by atoms with Crippen molar-refractivity contribution in [2.45, 2.75) is 11.8 Å². The Labute approximate surface area is 189 Å². The highest BCUT2D eigenvalue weighted by Gasteiger charge is 2.23. The summed E-state index contributed by atoms with van der Waals surface area (Å²) in [5.41, 5.74) is 3.78. The SMILES string of the molecule is COc1ccc(NS(=O)(=O)c2cc([N+](=O)[O-])ccc2N/N=C(\C)c2ccccc2Cl)cc1. The molecule has 2 N–H and O–H groups in total. The molecule has 0 fully saturated rings. The van der Waals surface area contributed by atoms with Gasteiger partial charge in [0.2, 0.25) is 0 Å². The van der Waals surface area contributed by atoms with Crippen molar-refractivity contribution in [3.05, 3.63) is 87.4 Å². The number of methoxy groups -OCH3 is 1. The number of nitrogens with one attached hydrogen (secondary N) is 2. The molecule has 0 spiro atoms. The van der Waals surface area contributed by atoms with Gasteiger partial charge >= 0.3 is 0 Å². The van der Waals surface area contributed by atoms with Gasteiger partial charge in [0.25, 0.3) is 15.7 Å². The Bertz CT molecular complexity index is 1280. The standard InChI is InChI=1S/C21H19ClN4O5S/c1-14(18-5-3-4-6-19(18)22)23-24-20-12-9-16(26(27)28)13-21(20)32(29,30)25-15-7-10-17(31-2)11-8-15/h3-13,24-25H,1-2H3/b23-14+. The van der Waals surface area contributed by atoms with E-state index in [-0.39, 0.29) is 22.0 Å². The molecular formula is C21H19ClN4O5S. The summed E-state index contributed by atoms with van der Waals surface area (Å²) in [4.78, 5) is 10.2. The number of hydrogen-bond donors (Lipinski definition) is 2. The van der Waals surface area contributed by atoms with Crippen LogP contribution in [0.3, 0.4) is 0 Å². The van der Waals surface area contributed by atoms with E-state index in [1.54, 1.807) is 43.3 Å². The zero-order valence-corrected chi connectivity index (χ0v) is 18.6. The maximum atomic E-state index is 13.0. The molecule has 0 aliphatic heterocycles. The second-order valence-electron chi connectivity index (χ2n) is 6.56. The van der Waals surface area contributed by atoms with Crippen LogP contribution in [0.15, 0.2) is 76.7 Å². The van der Waals surface area contributed by atoms with E-state index in [4.69, 9.17) is 16.3 Å². The van der Waals surface area contributed by atoms with Crippen LogP contribution in [0.2, 0.25) is 5.02 Å². The van der Waals surface area contributed by atoms with Crippen LogP contribution in [0.25, 0.3) is 0 Å². The number of non-ortho nitro benzene ring substituents is 1. The average Bonchev–Trinajstić information content (AvgIpc) is 2.78. The third-order valence-electron chi connectivity index (χ3n) is 4.42. The van der Waals surface area contributed by atoms with Crippen molar-refractivity contribution in [3.8, 4) is 5.75 Å². The number of nitrogens with zero attached hydrogens (tertiary/aromatic N) is 2. The van der Waals surface area contributed by atoms with E-state index in [0.717, 1.165) is 6.07 Å². The molecule has 0 saturated heterocycles. The van der Waals surface area contributed by atoms with Crippen molar-refractivity contribution in [3.63, 3.8) is 0 Å². The van der Waals surface area contributed by atoms with Gasteiger partial charge in [-0.15, -0.1) is 0 Å². The van der Waals surface area contributed by atoms with E-state index in [1.165, 1.54) is 31.4 Å². The van der Waals surface area contributed by atoms with Crippen molar-refractivity contribution < 1.29 is 18.1 Å². The van der Waals surface area contributed by atoms with E-state index >= 15 is 0 Å². The molecule has 0 unspecified atom stereocenters. The van der Waals surface area contributed by atoms with Gasteiger partial charge in [0.1, 0.15) is 10.6 Å². The van der Waals surface area contributed by atoms with Crippen LogP contribution in [0.4, 0.5) is 17.1 Å². The molecule has 0 atom stereocenters. The normalized spacial score (nSPS) is 11.7. The minimum atomic E-state index is -4.19. The van der Waals surface area contributed by atoms with Crippen molar-refractivity contribution in [2.75, 3.05) is 17.3 Å². The molecule has 0 heterocycles. The highest BCUT2D eigenvalue weighted by Crippen LogP contribution is 2.29. The van der Waals surface area contributed by atoms with Crippen LogP contribution in [-0.4, -0.2) is 26.2 Å². The minimum absolute atomic E-state index is 0.0583. The molecule has 0 aliphatic rings. The zero-order valence-electron chi connectivity index (χ0n) is 17.1. The second kappa shape index (κ2) is 9.67. The van der Waals surface area contributed by atoms with Gasteiger partial charge in [-0.2, -0.15) is 5.10 Å². The molecule has 0 radical (unpaired) electrons. The summed E-state index contributed by atoms with van der Waals surface area (Å²) >= 11 is 6.17. The van der Waals surface area contributed by atoms with Gasteiger partial charge in [0.05, 0.1) is 23.4 Å². The van der Waals surface area contributed by atoms with Gasteiger partial charge in [-0.1, -0.05) is 29.8 Å². The molecule has 9 nitrogen and oxygen atoms in total. The molecule has 32 heavy (non-hydrogen) atoms. The van der Waals surface area contributed by atoms with E-state index in [1.807, 2.05) is 0 Å². The van der Waals surface area contributed by atoms with Crippen LogP contribution in [-0.2, 0) is 10.0 Å². The van der Waals surface area contributed by atoms with Crippen LogP contribution < -0.4 is 14.9 Å². The van der Waals surface area contributed by atoms with E-state index in [9.17, 15) is 18.5 Å². The first-order valence-electron chi connectivity index (χ1n) is 9.22. The summed E-state index contributed by atoms with van der Waals surface area (Å²) in [6.45, 7) is 1.70. The molecule has 3 aromatic carbocycles. The van der Waals surface area contributed by atoms with Gasteiger partial charge in [-0.25, -0.2) is 8.42 Å². The summed E-state index contributed by atoms with van der Waals surface area (Å²) in [6.07, 6.45) is 0. The van der Waals surface area contributed by atoms with Crippen LogP contribution >= 0.6 is 11.6 Å². The fraction of sp³-hybridized carbons (Fsp3) is 0.0952. The largest absolute Gasteiger partial charge is 0.497 e. The lowest BCUT2D eigenvalue weighted by Crippen LogP contribution is -2.15. The number of hydrazone groups is 1. The smallest absolute Gasteiger partial charge is 0.270 e. The monoisotopic (exact) mass is 474 g/mol. The number of sulfonamides is 1. The summed E-state index contributed by atoms with van der Waals surface area (Å²) < 4.78 is 33.6. The third kappa shape index (κ3) is 5.34. The van der Waals surface area contributed by atoms with Crippen LogP contribution in [0.5, 0.6) is 5.75 Å². The number of nitro benzene ring substituents is 1. The predicted molar refractivity (Wildman–Crippen MR) is 124 cm³/mol. The molecule has 3 aromatic rings. The summed E-state index contributed by atoms with van der Waals surface area (Å²) in [6, 6.07) is 16.7. The fourth-order valence-corrected chi connectivity index (χ4v) is 4.28. The minimum Gasteiger partial charge on any atom is -0.497 e. The zero-order chi connectivity index (χ0) is 23.3. The Morgan fingerprint density at radius 1 is 1.09 bits per heavy atom. The van der Waals surface area contributed by atoms with Crippen molar-refractivity contribution in [1.82, 2.24) is 0 Å². The lowest BCUT2D eigenvalue weighted by atomic mass is 10.1. The maximum Gasteiger partial charge on any atom is 0.270 e. The Hall–Kier alpha value is -3.63. The fourth-order valence-electron chi connectivity index (χ4n) is 2.77. The molecule has 0 amide bonds. The van der Waals surface area contributed by atoms with E-state index in [0.29, 0.717) is 22.0 Å². The molecule has 0 aliphatic carbocycles. The number of anilines is 2. The van der Waals surface area contributed by atoms with Crippen LogP contribution in [0, 0.1) is 10.1 Å². The molecule has 166 valence electrons. The number of rotatable bonds is 8. The van der Waals surface area contributed by atoms with Crippen molar-refractivity contribution in [2.24, 2.45) is 5.10 Å². The van der Waals surface area contributed by atoms with Gasteiger partial charge in [0, 0.05) is 28.4 Å². The lowest BCUT2D eigenvalue weighted by molar-refractivity contribution is -0.385. The number of hydrogen-bond acceptors (Lipinski definition) is 7. The van der Waals surface area contributed by atoms with Crippen molar-refractivity contribution >= 4 is 44.4 Å². The van der Waals surface area contributed by atoms with E-state index in [2.05, 4.69) is 15.2 Å². The maximum absolute atomic E-state index is 13.0. The third-order valence-corrected chi connectivity index (χ3v) is 6.17. The molecule has 0 aromatic heterocycles. The molecule has 3 rings (SSSR count). The highest BCUT2D eigenvalue weighted by atomic mass is 35.5. The Morgan fingerprint density at radius 3 is 2.41 bits per heavy atom. The van der Waals surface area contributed by atoms with Gasteiger partial charge in [-0.3, -0.25) is 20.3 Å². The van der Waals surface area contributed by atoms with Gasteiger partial charge in [0.15, 0.2) is 0 Å². The Balaban J connectivity index is 1.97. The predicted octanol–water partition coefficient (Wildman–Crippen LogP) is 4.89. The van der Waals surface area contributed by atoms with Gasteiger partial charge < -0.3 is 4.74 Å². The summed E-state index contributed by atoms with van der Waals surface area (Å²) in [7, 11) is -2.70.